The highest BCUT2D eigenvalue weighted by Crippen LogP contribution is 2.44. The van der Waals surface area contributed by atoms with Crippen LogP contribution in [0.1, 0.15) is 22.0 Å². The normalized spacial score (nSPS) is 24.8. The zero-order chi connectivity index (χ0) is 20.5. The van der Waals surface area contributed by atoms with Gasteiger partial charge in [0.05, 0.1) is 13.2 Å². The van der Waals surface area contributed by atoms with Crippen molar-refractivity contribution in [3.8, 4) is 5.75 Å². The Labute approximate surface area is 164 Å². The molecule has 5 nitrogen and oxygen atoms in total. The van der Waals surface area contributed by atoms with Crippen LogP contribution in [0.15, 0.2) is 54.6 Å². The molecule has 0 bridgehead atoms. The Bertz CT molecular complexity index is 874. The topological polar surface area (TPSA) is 70.6 Å². The monoisotopic (exact) mass is 410 g/mol. The number of ether oxygens (including phenoxy) is 1. The number of nitrogens with one attached hydrogen (secondary N) is 2. The van der Waals surface area contributed by atoms with Crippen molar-refractivity contribution in [1.29, 1.82) is 0 Å². The fourth-order valence-corrected chi connectivity index (χ4v) is 3.49. The third-order valence-corrected chi connectivity index (χ3v) is 4.84. The Kier molecular flexibility index (Phi) is 5.31. The van der Waals surface area contributed by atoms with E-state index in [9.17, 15) is 23.1 Å². The summed E-state index contributed by atoms with van der Waals surface area (Å²) >= 11 is 4.89. The van der Waals surface area contributed by atoms with E-state index in [4.69, 9.17) is 17.0 Å². The lowest BCUT2D eigenvalue weighted by molar-refractivity contribution is -0.285. The van der Waals surface area contributed by atoms with Crippen molar-refractivity contribution in [1.82, 2.24) is 10.6 Å². The first-order chi connectivity index (χ1) is 13.2. The zero-order valence-corrected chi connectivity index (χ0v) is 15.5. The SMILES string of the molecule is COc1ccc([C@H]2NC(=S)N[C@@](O)(C(F)(F)F)[C@H]2C(=O)c2ccccc2)cc1. The number of Topliss-reactive ketones (excluding diaryl/α,β-unsaturated/α-hetero) is 1. The lowest BCUT2D eigenvalue weighted by Gasteiger charge is -2.46. The molecular weight excluding hydrogens is 393 g/mol. The number of carbonyl (C=O) groups excluding carboxylic acids is 1. The Morgan fingerprint density at radius 3 is 2.29 bits per heavy atom. The van der Waals surface area contributed by atoms with Gasteiger partial charge in [0, 0.05) is 5.56 Å². The summed E-state index contributed by atoms with van der Waals surface area (Å²) in [6, 6.07) is 12.5. The summed E-state index contributed by atoms with van der Waals surface area (Å²) in [5.74, 6) is -2.30. The molecule has 0 spiro atoms. The standard InChI is InChI=1S/C19H17F3N2O3S/c1-27-13-9-7-11(8-10-13)15-14(16(25)12-5-3-2-4-6-12)18(26,19(20,21)22)24-17(28)23-15/h2-10,14-15,26H,1H3,(H2,23,24,28)/t14-,15-,18+/m1/s1. The molecule has 0 aliphatic carbocycles. The maximum absolute atomic E-state index is 13.9. The Balaban J connectivity index is 2.13. The summed E-state index contributed by atoms with van der Waals surface area (Å²) in [5, 5.41) is 14.7. The minimum Gasteiger partial charge on any atom is -0.497 e. The second kappa shape index (κ2) is 7.40. The summed E-state index contributed by atoms with van der Waals surface area (Å²) < 4.78 is 46.6. The number of ketones is 1. The summed E-state index contributed by atoms with van der Waals surface area (Å²) in [6.07, 6.45) is -5.15. The highest BCUT2D eigenvalue weighted by Gasteiger charge is 2.65. The van der Waals surface area contributed by atoms with Gasteiger partial charge in [-0.3, -0.25) is 4.79 Å². The molecule has 2 aromatic rings. The fraction of sp³-hybridized carbons (Fsp3) is 0.263. The number of aliphatic hydroxyl groups is 1. The molecular formula is C19H17F3N2O3S. The van der Waals surface area contributed by atoms with E-state index in [0.717, 1.165) is 0 Å². The zero-order valence-electron chi connectivity index (χ0n) is 14.7. The summed E-state index contributed by atoms with van der Waals surface area (Å²) in [6.45, 7) is 0. The number of alkyl halides is 3. The van der Waals surface area contributed by atoms with E-state index in [2.05, 4.69) is 5.32 Å². The van der Waals surface area contributed by atoms with Crippen molar-refractivity contribution < 1.29 is 27.8 Å². The predicted octanol–water partition coefficient (Wildman–Crippen LogP) is 2.96. The van der Waals surface area contributed by atoms with Gasteiger partial charge in [0.15, 0.2) is 10.9 Å². The third kappa shape index (κ3) is 3.55. The van der Waals surface area contributed by atoms with Crippen molar-refractivity contribution in [2.45, 2.75) is 17.9 Å². The van der Waals surface area contributed by atoms with E-state index in [-0.39, 0.29) is 5.56 Å². The van der Waals surface area contributed by atoms with E-state index in [0.29, 0.717) is 11.3 Å². The molecule has 3 atom stereocenters. The van der Waals surface area contributed by atoms with Gasteiger partial charge in [-0.25, -0.2) is 0 Å². The first-order valence-electron chi connectivity index (χ1n) is 8.28. The van der Waals surface area contributed by atoms with Crippen LogP contribution < -0.4 is 15.4 Å². The maximum Gasteiger partial charge on any atom is 0.437 e. The van der Waals surface area contributed by atoms with Crippen LogP contribution in [-0.4, -0.2) is 35.0 Å². The van der Waals surface area contributed by atoms with Gasteiger partial charge < -0.3 is 20.5 Å². The lowest BCUT2D eigenvalue weighted by atomic mass is 9.77. The average Bonchev–Trinajstić information content (AvgIpc) is 2.67. The number of rotatable bonds is 4. The van der Waals surface area contributed by atoms with Gasteiger partial charge in [-0.15, -0.1) is 0 Å². The van der Waals surface area contributed by atoms with Crippen LogP contribution in [0.2, 0.25) is 0 Å². The maximum atomic E-state index is 13.9. The predicted molar refractivity (Wildman–Crippen MR) is 99.9 cm³/mol. The number of benzene rings is 2. The summed E-state index contributed by atoms with van der Waals surface area (Å²) in [4.78, 5) is 13.1. The minimum atomic E-state index is -5.15. The summed E-state index contributed by atoms with van der Waals surface area (Å²) in [5.41, 5.74) is -3.14. The third-order valence-electron chi connectivity index (χ3n) is 4.62. The van der Waals surface area contributed by atoms with Gasteiger partial charge in [0.2, 0.25) is 5.72 Å². The summed E-state index contributed by atoms with van der Waals surface area (Å²) in [7, 11) is 1.46. The fourth-order valence-electron chi connectivity index (χ4n) is 3.21. The van der Waals surface area contributed by atoms with Crippen molar-refractivity contribution in [3.05, 3.63) is 65.7 Å². The first kappa shape index (κ1) is 20.1. The van der Waals surface area contributed by atoms with Crippen LogP contribution in [0.3, 0.4) is 0 Å². The molecule has 1 aliphatic rings. The molecule has 28 heavy (non-hydrogen) atoms. The van der Waals surface area contributed by atoms with Crippen molar-refractivity contribution in [2.24, 2.45) is 5.92 Å². The van der Waals surface area contributed by atoms with Crippen LogP contribution >= 0.6 is 12.2 Å². The van der Waals surface area contributed by atoms with E-state index >= 15 is 0 Å². The number of halogens is 3. The number of hydrogen-bond acceptors (Lipinski definition) is 4. The van der Waals surface area contributed by atoms with E-state index in [1.807, 2.05) is 5.32 Å². The number of hydrogen-bond donors (Lipinski definition) is 3. The molecule has 0 amide bonds. The van der Waals surface area contributed by atoms with Crippen LogP contribution in [0, 0.1) is 5.92 Å². The second-order valence-electron chi connectivity index (χ2n) is 6.32. The van der Waals surface area contributed by atoms with E-state index in [1.54, 1.807) is 18.2 Å². The molecule has 0 radical (unpaired) electrons. The van der Waals surface area contributed by atoms with Crippen LogP contribution in [-0.2, 0) is 0 Å². The van der Waals surface area contributed by atoms with Crippen LogP contribution in [0.4, 0.5) is 13.2 Å². The van der Waals surface area contributed by atoms with Crippen LogP contribution in [0.5, 0.6) is 5.75 Å². The Morgan fingerprint density at radius 1 is 1.14 bits per heavy atom. The van der Waals surface area contributed by atoms with E-state index < -0.39 is 34.8 Å². The van der Waals surface area contributed by atoms with E-state index in [1.165, 1.54) is 43.5 Å². The van der Waals surface area contributed by atoms with Gasteiger partial charge in [-0.2, -0.15) is 13.2 Å². The molecule has 9 heteroatoms. The van der Waals surface area contributed by atoms with Crippen molar-refractivity contribution >= 4 is 23.1 Å². The molecule has 0 unspecified atom stereocenters. The quantitative estimate of drug-likeness (QED) is 0.532. The molecule has 1 aliphatic heterocycles. The Morgan fingerprint density at radius 2 is 1.75 bits per heavy atom. The number of thiocarbonyl (C=S) groups is 1. The van der Waals surface area contributed by atoms with Gasteiger partial charge in [0.1, 0.15) is 11.7 Å². The van der Waals surface area contributed by atoms with Gasteiger partial charge in [0.25, 0.3) is 0 Å². The number of methoxy groups -OCH3 is 1. The molecule has 1 heterocycles. The molecule has 3 rings (SSSR count). The minimum absolute atomic E-state index is 0.0464. The van der Waals surface area contributed by atoms with Gasteiger partial charge >= 0.3 is 6.18 Å². The lowest BCUT2D eigenvalue weighted by Crippen LogP contribution is -2.72. The molecule has 148 valence electrons. The molecule has 0 saturated carbocycles. The van der Waals surface area contributed by atoms with Gasteiger partial charge in [-0.1, -0.05) is 42.5 Å². The van der Waals surface area contributed by atoms with Crippen LogP contribution in [0.25, 0.3) is 0 Å². The second-order valence-corrected chi connectivity index (χ2v) is 6.73. The van der Waals surface area contributed by atoms with Crippen molar-refractivity contribution in [3.63, 3.8) is 0 Å². The molecule has 1 saturated heterocycles. The Hall–Kier alpha value is -2.65. The highest BCUT2D eigenvalue weighted by molar-refractivity contribution is 7.80. The molecule has 1 fully saturated rings. The first-order valence-corrected chi connectivity index (χ1v) is 8.69. The largest absolute Gasteiger partial charge is 0.497 e. The van der Waals surface area contributed by atoms with Crippen molar-refractivity contribution in [2.75, 3.05) is 7.11 Å². The average molecular weight is 410 g/mol. The molecule has 0 aromatic heterocycles. The van der Waals surface area contributed by atoms with Gasteiger partial charge in [-0.05, 0) is 29.9 Å². The smallest absolute Gasteiger partial charge is 0.437 e. The number of carbonyl (C=O) groups is 1. The molecule has 3 N–H and O–H groups in total. The molecule has 2 aromatic carbocycles. The highest BCUT2D eigenvalue weighted by atomic mass is 32.1.